The summed E-state index contributed by atoms with van der Waals surface area (Å²) in [5, 5.41) is 3.10. The maximum atomic E-state index is 13.5. The molecule has 3 aromatic rings. The highest BCUT2D eigenvalue weighted by atomic mass is 32.1. The third-order valence-corrected chi connectivity index (χ3v) is 3.73. The lowest BCUT2D eigenvalue weighted by Crippen LogP contribution is -1.96. The Morgan fingerprint density at radius 1 is 1.00 bits per heavy atom. The van der Waals surface area contributed by atoms with Crippen molar-refractivity contribution < 1.29 is 13.2 Å². The number of nitrogens with one attached hydrogen (secondary N) is 1. The predicted molar refractivity (Wildman–Crippen MR) is 74.0 cm³/mol. The van der Waals surface area contributed by atoms with E-state index in [1.807, 2.05) is 25.1 Å². The Morgan fingerprint density at radius 2 is 1.75 bits per heavy atom. The molecular weight excluding hydrogens is 285 g/mol. The molecule has 0 radical (unpaired) electrons. The van der Waals surface area contributed by atoms with Crippen molar-refractivity contribution in [1.82, 2.24) is 4.98 Å². The van der Waals surface area contributed by atoms with Crippen LogP contribution in [0.4, 0.5) is 24.0 Å². The van der Waals surface area contributed by atoms with Crippen LogP contribution in [0, 0.1) is 24.4 Å². The van der Waals surface area contributed by atoms with Crippen LogP contribution in [-0.2, 0) is 0 Å². The molecule has 0 saturated carbocycles. The zero-order valence-electron chi connectivity index (χ0n) is 10.4. The van der Waals surface area contributed by atoms with Gasteiger partial charge in [0.05, 0.1) is 15.9 Å². The number of thiazole rings is 1. The number of aryl methyl sites for hydroxylation is 1. The second-order valence-electron chi connectivity index (χ2n) is 4.36. The Labute approximate surface area is 116 Å². The minimum Gasteiger partial charge on any atom is -0.329 e. The Hall–Kier alpha value is -2.08. The van der Waals surface area contributed by atoms with Crippen molar-refractivity contribution in [2.45, 2.75) is 6.92 Å². The smallest absolute Gasteiger partial charge is 0.188 e. The normalized spacial score (nSPS) is 11.0. The molecule has 1 N–H and O–H groups in total. The second kappa shape index (κ2) is 4.79. The first-order chi connectivity index (χ1) is 9.52. The number of hydrogen-bond acceptors (Lipinski definition) is 3. The highest BCUT2D eigenvalue weighted by Crippen LogP contribution is 2.30. The van der Waals surface area contributed by atoms with E-state index in [1.165, 1.54) is 11.3 Å². The maximum absolute atomic E-state index is 13.5. The molecule has 3 rings (SSSR count). The van der Waals surface area contributed by atoms with E-state index in [4.69, 9.17) is 0 Å². The molecule has 0 aliphatic rings. The quantitative estimate of drug-likeness (QED) is 0.689. The van der Waals surface area contributed by atoms with Gasteiger partial charge in [0.25, 0.3) is 0 Å². The van der Waals surface area contributed by atoms with Crippen molar-refractivity contribution in [2.75, 3.05) is 5.32 Å². The van der Waals surface area contributed by atoms with Gasteiger partial charge in [-0.25, -0.2) is 18.2 Å². The number of aromatic nitrogens is 1. The largest absolute Gasteiger partial charge is 0.329 e. The first-order valence-corrected chi connectivity index (χ1v) is 6.63. The number of rotatable bonds is 2. The van der Waals surface area contributed by atoms with E-state index in [-0.39, 0.29) is 5.69 Å². The van der Waals surface area contributed by atoms with E-state index in [1.54, 1.807) is 0 Å². The summed E-state index contributed by atoms with van der Waals surface area (Å²) in [6.45, 7) is 1.96. The van der Waals surface area contributed by atoms with E-state index in [0.717, 1.165) is 21.8 Å². The lowest BCUT2D eigenvalue weighted by molar-refractivity contribution is 0.496. The van der Waals surface area contributed by atoms with Crippen molar-refractivity contribution in [1.29, 1.82) is 0 Å². The summed E-state index contributed by atoms with van der Waals surface area (Å²) in [6.07, 6.45) is 0. The number of halogens is 3. The van der Waals surface area contributed by atoms with Crippen LogP contribution in [0.2, 0.25) is 0 Å². The van der Waals surface area contributed by atoms with Crippen molar-refractivity contribution in [3.8, 4) is 0 Å². The molecule has 2 aromatic carbocycles. The van der Waals surface area contributed by atoms with Gasteiger partial charge in [-0.2, -0.15) is 0 Å². The summed E-state index contributed by atoms with van der Waals surface area (Å²) in [6, 6.07) is 7.02. The molecule has 0 unspecified atom stereocenters. The van der Waals surface area contributed by atoms with Crippen LogP contribution in [0.5, 0.6) is 0 Å². The Morgan fingerprint density at radius 3 is 2.55 bits per heavy atom. The van der Waals surface area contributed by atoms with E-state index in [2.05, 4.69) is 10.3 Å². The zero-order chi connectivity index (χ0) is 14.3. The first kappa shape index (κ1) is 12.9. The van der Waals surface area contributed by atoms with E-state index >= 15 is 0 Å². The summed E-state index contributed by atoms with van der Waals surface area (Å²) in [4.78, 5) is 4.27. The summed E-state index contributed by atoms with van der Waals surface area (Å²) in [5.41, 5.74) is 1.72. The van der Waals surface area contributed by atoms with Crippen LogP contribution in [-0.4, -0.2) is 4.98 Å². The molecule has 6 heteroatoms. The van der Waals surface area contributed by atoms with Gasteiger partial charge in [-0.15, -0.1) is 0 Å². The molecule has 0 amide bonds. The molecule has 0 bridgehead atoms. The fourth-order valence-electron chi connectivity index (χ4n) is 1.82. The third-order valence-electron chi connectivity index (χ3n) is 2.80. The summed E-state index contributed by atoms with van der Waals surface area (Å²) in [7, 11) is 0. The number of anilines is 2. The van der Waals surface area contributed by atoms with Gasteiger partial charge in [0.1, 0.15) is 5.82 Å². The van der Waals surface area contributed by atoms with E-state index in [0.29, 0.717) is 11.2 Å². The Kier molecular flexibility index (Phi) is 3.10. The average molecular weight is 294 g/mol. The molecule has 2 nitrogen and oxygen atoms in total. The summed E-state index contributed by atoms with van der Waals surface area (Å²) >= 11 is 1.32. The van der Waals surface area contributed by atoms with Crippen molar-refractivity contribution in [3.05, 3.63) is 53.3 Å². The molecule has 1 heterocycles. The van der Waals surface area contributed by atoms with Gasteiger partial charge >= 0.3 is 0 Å². The van der Waals surface area contributed by atoms with Crippen LogP contribution in [0.3, 0.4) is 0 Å². The Bertz CT molecular complexity index is 798. The molecule has 102 valence electrons. The van der Waals surface area contributed by atoms with Crippen molar-refractivity contribution in [2.24, 2.45) is 0 Å². The summed E-state index contributed by atoms with van der Waals surface area (Å²) in [5.74, 6) is -3.18. The number of nitrogens with zero attached hydrogens (tertiary/aromatic N) is 1. The van der Waals surface area contributed by atoms with Gasteiger partial charge in [-0.05, 0) is 24.6 Å². The minimum absolute atomic E-state index is 0.139. The molecule has 0 atom stereocenters. The fourth-order valence-corrected chi connectivity index (χ4v) is 2.80. The third kappa shape index (κ3) is 2.34. The van der Waals surface area contributed by atoms with Crippen molar-refractivity contribution in [3.63, 3.8) is 0 Å². The first-order valence-electron chi connectivity index (χ1n) is 5.82. The Balaban J connectivity index is 1.99. The molecule has 0 aliphatic heterocycles. The van der Waals surface area contributed by atoms with Crippen LogP contribution in [0.15, 0.2) is 30.3 Å². The number of fused-ring (bicyclic) bond motifs is 1. The predicted octanol–water partition coefficient (Wildman–Crippen LogP) is 4.77. The van der Waals surface area contributed by atoms with Gasteiger partial charge < -0.3 is 5.32 Å². The molecular formula is C14H9F3N2S. The fraction of sp³-hybridized carbons (Fsp3) is 0.0714. The highest BCUT2D eigenvalue weighted by molar-refractivity contribution is 7.22. The molecule has 20 heavy (non-hydrogen) atoms. The SMILES string of the molecule is Cc1ccc2nc(Nc3cc(F)c(F)cc3F)sc2c1. The van der Waals surface area contributed by atoms with E-state index in [9.17, 15) is 13.2 Å². The molecule has 0 spiro atoms. The molecule has 0 saturated heterocycles. The highest BCUT2D eigenvalue weighted by Gasteiger charge is 2.12. The van der Waals surface area contributed by atoms with Gasteiger partial charge in [0.15, 0.2) is 16.8 Å². The number of hydrogen-bond donors (Lipinski definition) is 1. The zero-order valence-corrected chi connectivity index (χ0v) is 11.2. The van der Waals surface area contributed by atoms with Gasteiger partial charge in [-0.1, -0.05) is 17.4 Å². The lowest BCUT2D eigenvalue weighted by atomic mass is 10.2. The van der Waals surface area contributed by atoms with Crippen LogP contribution in [0.25, 0.3) is 10.2 Å². The van der Waals surface area contributed by atoms with Gasteiger partial charge in [0.2, 0.25) is 0 Å². The van der Waals surface area contributed by atoms with Crippen molar-refractivity contribution >= 4 is 32.4 Å². The average Bonchev–Trinajstić information content (AvgIpc) is 2.77. The van der Waals surface area contributed by atoms with Gasteiger partial charge in [-0.3, -0.25) is 0 Å². The molecule has 1 aromatic heterocycles. The maximum Gasteiger partial charge on any atom is 0.188 e. The summed E-state index contributed by atoms with van der Waals surface area (Å²) < 4.78 is 40.5. The van der Waals surface area contributed by atoms with E-state index < -0.39 is 17.5 Å². The topological polar surface area (TPSA) is 24.9 Å². The van der Waals surface area contributed by atoms with Crippen LogP contribution in [0.1, 0.15) is 5.56 Å². The molecule has 0 aliphatic carbocycles. The molecule has 0 fully saturated rings. The standard InChI is InChI=1S/C14H9F3N2S/c1-7-2-3-11-13(4-7)20-14(18-11)19-12-6-9(16)8(15)5-10(12)17/h2-6H,1H3,(H,18,19). The van der Waals surface area contributed by atoms with Crippen LogP contribution >= 0.6 is 11.3 Å². The lowest BCUT2D eigenvalue weighted by Gasteiger charge is -2.04. The number of benzene rings is 2. The van der Waals surface area contributed by atoms with Gasteiger partial charge in [0, 0.05) is 12.1 Å². The second-order valence-corrected chi connectivity index (χ2v) is 5.39. The minimum atomic E-state index is -1.21. The monoisotopic (exact) mass is 294 g/mol. The van der Waals surface area contributed by atoms with Crippen LogP contribution < -0.4 is 5.32 Å².